The van der Waals surface area contributed by atoms with Crippen molar-refractivity contribution in [3.8, 4) is 5.75 Å². The molecule has 0 aliphatic carbocycles. The topological polar surface area (TPSA) is 9.23 Å². The summed E-state index contributed by atoms with van der Waals surface area (Å²) < 4.78 is 5.53. The quantitative estimate of drug-likeness (QED) is 0.753. The summed E-state index contributed by atoms with van der Waals surface area (Å²) in [6.45, 7) is 14.2. The number of rotatable bonds is 4. The van der Waals surface area contributed by atoms with Crippen LogP contribution in [-0.2, 0) is 0 Å². The average Bonchev–Trinajstić information content (AvgIpc) is 2.23. The summed E-state index contributed by atoms with van der Waals surface area (Å²) in [5.74, 6) is 1.00. The SMILES string of the molecule is COc1cccc([Si](C)(C)C)c1/C=C\[Si](C)(C)C. The van der Waals surface area contributed by atoms with Gasteiger partial charge in [0.25, 0.3) is 0 Å². The van der Waals surface area contributed by atoms with Gasteiger partial charge in [-0.15, -0.1) is 0 Å². The van der Waals surface area contributed by atoms with Crippen molar-refractivity contribution < 1.29 is 4.74 Å². The molecule has 100 valence electrons. The third kappa shape index (κ3) is 4.14. The van der Waals surface area contributed by atoms with Crippen molar-refractivity contribution in [2.75, 3.05) is 7.11 Å². The zero-order chi connectivity index (χ0) is 14.0. The van der Waals surface area contributed by atoms with Gasteiger partial charge in [0.2, 0.25) is 0 Å². The second kappa shape index (κ2) is 5.45. The van der Waals surface area contributed by atoms with Gasteiger partial charge in [0.1, 0.15) is 5.75 Å². The Morgan fingerprint density at radius 1 is 1.00 bits per heavy atom. The predicted octanol–water partition coefficient (Wildman–Crippen LogP) is 4.13. The first-order chi connectivity index (χ1) is 8.15. The maximum absolute atomic E-state index is 5.53. The molecule has 1 aromatic rings. The van der Waals surface area contributed by atoms with Gasteiger partial charge >= 0.3 is 0 Å². The van der Waals surface area contributed by atoms with Crippen LogP contribution in [0.25, 0.3) is 6.08 Å². The molecule has 0 unspecified atom stereocenters. The molecule has 0 aliphatic rings. The first-order valence-electron chi connectivity index (χ1n) is 6.52. The molecule has 0 N–H and O–H groups in total. The highest BCUT2D eigenvalue weighted by Gasteiger charge is 2.21. The van der Waals surface area contributed by atoms with E-state index in [1.807, 2.05) is 0 Å². The Hall–Kier alpha value is -0.806. The van der Waals surface area contributed by atoms with E-state index >= 15 is 0 Å². The van der Waals surface area contributed by atoms with Crippen LogP contribution in [0.2, 0.25) is 39.3 Å². The Kier molecular flexibility index (Phi) is 4.62. The summed E-state index contributed by atoms with van der Waals surface area (Å²) in [5.41, 5.74) is 3.69. The van der Waals surface area contributed by atoms with E-state index in [4.69, 9.17) is 4.74 Å². The number of hydrogen-bond donors (Lipinski definition) is 0. The number of hydrogen-bond acceptors (Lipinski definition) is 1. The molecular weight excluding hydrogens is 252 g/mol. The Morgan fingerprint density at radius 3 is 2.06 bits per heavy atom. The molecule has 0 aromatic heterocycles. The van der Waals surface area contributed by atoms with E-state index < -0.39 is 16.1 Å². The number of methoxy groups -OCH3 is 1. The van der Waals surface area contributed by atoms with Crippen molar-refractivity contribution in [1.29, 1.82) is 0 Å². The van der Waals surface area contributed by atoms with Gasteiger partial charge in [-0.05, 0) is 11.3 Å². The minimum Gasteiger partial charge on any atom is -0.496 e. The van der Waals surface area contributed by atoms with Gasteiger partial charge < -0.3 is 4.74 Å². The highest BCUT2D eigenvalue weighted by molar-refractivity contribution is 6.89. The lowest BCUT2D eigenvalue weighted by Crippen LogP contribution is -2.39. The summed E-state index contributed by atoms with van der Waals surface area (Å²) in [5, 5.41) is 1.48. The van der Waals surface area contributed by atoms with Crippen LogP contribution in [0.3, 0.4) is 0 Å². The van der Waals surface area contributed by atoms with Crippen molar-refractivity contribution in [3.63, 3.8) is 0 Å². The van der Waals surface area contributed by atoms with E-state index in [2.05, 4.69) is 69.3 Å². The van der Waals surface area contributed by atoms with E-state index in [0.717, 1.165) is 5.75 Å². The van der Waals surface area contributed by atoms with Crippen molar-refractivity contribution in [2.45, 2.75) is 39.3 Å². The van der Waals surface area contributed by atoms with Gasteiger partial charge in [-0.2, -0.15) is 0 Å². The Labute approximate surface area is 114 Å². The lowest BCUT2D eigenvalue weighted by atomic mass is 10.2. The Bertz CT molecular complexity index is 437. The van der Waals surface area contributed by atoms with Crippen LogP contribution in [0.4, 0.5) is 0 Å². The number of ether oxygens (including phenoxy) is 1. The number of benzene rings is 1. The third-order valence-electron chi connectivity index (χ3n) is 2.84. The fraction of sp³-hybridized carbons (Fsp3) is 0.467. The highest BCUT2D eigenvalue weighted by atomic mass is 28.3. The van der Waals surface area contributed by atoms with Crippen molar-refractivity contribution in [3.05, 3.63) is 29.5 Å². The standard InChI is InChI=1S/C15H26OSi2/c1-16-14-9-8-10-15(18(5,6)7)13(14)11-12-17(2,3)4/h8-12H,1-7H3/b12-11-. The lowest BCUT2D eigenvalue weighted by molar-refractivity contribution is 0.414. The molecule has 0 saturated carbocycles. The van der Waals surface area contributed by atoms with Gasteiger partial charge in [-0.3, -0.25) is 0 Å². The summed E-state index contributed by atoms with van der Waals surface area (Å²) in [4.78, 5) is 0. The average molecular weight is 279 g/mol. The molecule has 0 atom stereocenters. The van der Waals surface area contributed by atoms with Gasteiger partial charge in [-0.25, -0.2) is 0 Å². The Morgan fingerprint density at radius 2 is 1.61 bits per heavy atom. The fourth-order valence-corrected chi connectivity index (χ4v) is 4.16. The van der Waals surface area contributed by atoms with Crippen LogP contribution >= 0.6 is 0 Å². The molecule has 3 heteroatoms. The molecule has 0 radical (unpaired) electrons. The van der Waals surface area contributed by atoms with E-state index in [1.54, 1.807) is 7.11 Å². The van der Waals surface area contributed by atoms with Gasteiger partial charge in [0.15, 0.2) is 0 Å². The largest absolute Gasteiger partial charge is 0.496 e. The minimum absolute atomic E-state index is 1.00. The van der Waals surface area contributed by atoms with Crippen LogP contribution in [0.5, 0.6) is 5.75 Å². The van der Waals surface area contributed by atoms with Crippen molar-refractivity contribution >= 4 is 27.4 Å². The molecule has 0 amide bonds. The van der Waals surface area contributed by atoms with Crippen LogP contribution in [0.1, 0.15) is 5.56 Å². The van der Waals surface area contributed by atoms with Crippen LogP contribution in [0.15, 0.2) is 23.9 Å². The zero-order valence-electron chi connectivity index (χ0n) is 12.8. The van der Waals surface area contributed by atoms with E-state index in [9.17, 15) is 0 Å². The van der Waals surface area contributed by atoms with Crippen molar-refractivity contribution in [1.82, 2.24) is 0 Å². The minimum atomic E-state index is -1.34. The first kappa shape index (κ1) is 15.3. The summed E-state index contributed by atoms with van der Waals surface area (Å²) >= 11 is 0. The molecule has 1 aromatic carbocycles. The predicted molar refractivity (Wildman–Crippen MR) is 88.4 cm³/mol. The summed E-state index contributed by atoms with van der Waals surface area (Å²) in [6, 6.07) is 6.43. The van der Waals surface area contributed by atoms with Crippen LogP contribution in [-0.4, -0.2) is 23.3 Å². The molecule has 0 saturated heterocycles. The molecule has 0 bridgehead atoms. The first-order valence-corrected chi connectivity index (χ1v) is 13.6. The molecule has 0 spiro atoms. The summed E-state index contributed by atoms with van der Waals surface area (Å²) in [7, 11) is -0.757. The summed E-state index contributed by atoms with van der Waals surface area (Å²) in [6.07, 6.45) is 2.29. The fourth-order valence-electron chi connectivity index (χ4n) is 1.88. The second-order valence-corrected chi connectivity index (χ2v) is 17.0. The molecule has 0 aliphatic heterocycles. The Balaban J connectivity index is 3.34. The zero-order valence-corrected chi connectivity index (χ0v) is 14.8. The maximum atomic E-state index is 5.53. The van der Waals surface area contributed by atoms with Crippen LogP contribution in [0, 0.1) is 0 Å². The molecule has 1 rings (SSSR count). The molecule has 18 heavy (non-hydrogen) atoms. The van der Waals surface area contributed by atoms with Crippen molar-refractivity contribution in [2.24, 2.45) is 0 Å². The second-order valence-electron chi connectivity index (χ2n) is 6.87. The normalized spacial score (nSPS) is 13.1. The van der Waals surface area contributed by atoms with Gasteiger partial charge in [-0.1, -0.05) is 63.2 Å². The molecule has 1 nitrogen and oxygen atoms in total. The van der Waals surface area contributed by atoms with E-state index in [1.165, 1.54) is 10.8 Å². The van der Waals surface area contributed by atoms with Crippen LogP contribution < -0.4 is 9.92 Å². The molecule has 0 heterocycles. The smallest absolute Gasteiger partial charge is 0.125 e. The van der Waals surface area contributed by atoms with Gasteiger partial charge in [0.05, 0.1) is 23.3 Å². The lowest BCUT2D eigenvalue weighted by Gasteiger charge is -2.22. The molecular formula is C15H26OSi2. The monoisotopic (exact) mass is 278 g/mol. The third-order valence-corrected chi connectivity index (χ3v) is 6.06. The maximum Gasteiger partial charge on any atom is 0.125 e. The highest BCUT2D eigenvalue weighted by Crippen LogP contribution is 2.21. The van der Waals surface area contributed by atoms with E-state index in [-0.39, 0.29) is 0 Å². The molecule has 0 fully saturated rings. The van der Waals surface area contributed by atoms with E-state index in [0.29, 0.717) is 0 Å². The van der Waals surface area contributed by atoms with Gasteiger partial charge in [0, 0.05) is 5.56 Å².